The van der Waals surface area contributed by atoms with Crippen LogP contribution in [0.1, 0.15) is 24.8 Å². The Hall–Kier alpha value is -1.46. The average Bonchev–Trinajstić information content (AvgIpc) is 2.30. The summed E-state index contributed by atoms with van der Waals surface area (Å²) in [6.07, 6.45) is 7.67. The van der Waals surface area contributed by atoms with Crippen molar-refractivity contribution in [3.63, 3.8) is 0 Å². The molecule has 0 aliphatic heterocycles. The van der Waals surface area contributed by atoms with Crippen molar-refractivity contribution in [1.29, 1.82) is 0 Å². The van der Waals surface area contributed by atoms with E-state index in [0.29, 0.717) is 24.3 Å². The van der Waals surface area contributed by atoms with Crippen molar-refractivity contribution >= 4 is 17.6 Å². The molecule has 0 saturated carbocycles. The summed E-state index contributed by atoms with van der Waals surface area (Å²) in [4.78, 5) is 11.1. The maximum absolute atomic E-state index is 11.1. The van der Waals surface area contributed by atoms with Crippen LogP contribution in [0.2, 0.25) is 5.02 Å². The number of benzene rings is 1. The zero-order chi connectivity index (χ0) is 12.7. The van der Waals surface area contributed by atoms with Gasteiger partial charge in [0.1, 0.15) is 0 Å². The number of rotatable bonds is 6. The predicted octanol–water partition coefficient (Wildman–Crippen LogP) is 3.39. The quantitative estimate of drug-likeness (QED) is 0.621. The molecular weight excluding hydrogens is 236 g/mol. The normalized spacial score (nSPS) is 11.8. The van der Waals surface area contributed by atoms with Crippen LogP contribution >= 0.6 is 11.6 Å². The Kier molecular flexibility index (Phi) is 5.59. The molecule has 0 radical (unpaired) electrons. The molecule has 17 heavy (non-hydrogen) atoms. The topological polar surface area (TPSA) is 37.3 Å². The number of terminal acetylenes is 1. The van der Waals surface area contributed by atoms with Crippen LogP contribution in [0.15, 0.2) is 24.3 Å². The van der Waals surface area contributed by atoms with E-state index in [1.54, 1.807) is 12.1 Å². The lowest BCUT2D eigenvalue weighted by molar-refractivity contribution is -0.141. The molecule has 0 aliphatic rings. The minimum atomic E-state index is -0.767. The molecule has 0 fully saturated rings. The van der Waals surface area contributed by atoms with Gasteiger partial charge in [0.15, 0.2) is 0 Å². The molecule has 2 nitrogen and oxygen atoms in total. The van der Waals surface area contributed by atoms with E-state index in [1.165, 1.54) is 0 Å². The lowest BCUT2D eigenvalue weighted by Gasteiger charge is -2.11. The van der Waals surface area contributed by atoms with Gasteiger partial charge in [0.2, 0.25) is 0 Å². The largest absolute Gasteiger partial charge is 0.481 e. The summed E-state index contributed by atoms with van der Waals surface area (Å²) in [5.41, 5.74) is 0.988. The summed E-state index contributed by atoms with van der Waals surface area (Å²) in [6, 6.07) is 7.27. The van der Waals surface area contributed by atoms with Gasteiger partial charge in [-0.15, -0.1) is 12.3 Å². The first-order valence-electron chi connectivity index (χ1n) is 5.54. The first-order valence-corrected chi connectivity index (χ1v) is 5.92. The molecule has 1 N–H and O–H groups in total. The third-order valence-corrected chi connectivity index (χ3v) is 2.87. The van der Waals surface area contributed by atoms with Gasteiger partial charge in [-0.2, -0.15) is 0 Å². The van der Waals surface area contributed by atoms with Crippen LogP contribution in [0, 0.1) is 18.3 Å². The fourth-order valence-corrected chi connectivity index (χ4v) is 1.79. The smallest absolute Gasteiger partial charge is 0.306 e. The van der Waals surface area contributed by atoms with Gasteiger partial charge in [-0.3, -0.25) is 4.79 Å². The first-order chi connectivity index (χ1) is 8.13. The van der Waals surface area contributed by atoms with E-state index in [9.17, 15) is 4.79 Å². The van der Waals surface area contributed by atoms with Gasteiger partial charge in [-0.05, 0) is 37.0 Å². The number of unbranched alkanes of at least 4 members (excludes halogenated alkanes) is 1. The molecule has 0 spiro atoms. The summed E-state index contributed by atoms with van der Waals surface area (Å²) >= 11 is 5.77. The van der Waals surface area contributed by atoms with Crippen molar-refractivity contribution in [2.75, 3.05) is 0 Å². The molecule has 1 unspecified atom stereocenters. The minimum Gasteiger partial charge on any atom is -0.481 e. The predicted molar refractivity (Wildman–Crippen MR) is 69.0 cm³/mol. The minimum absolute atomic E-state index is 0.371. The molecule has 1 aromatic carbocycles. The third-order valence-electron chi connectivity index (χ3n) is 2.62. The monoisotopic (exact) mass is 250 g/mol. The number of carboxylic acids is 1. The summed E-state index contributed by atoms with van der Waals surface area (Å²) in [5, 5.41) is 9.77. The molecule has 0 aromatic heterocycles. The van der Waals surface area contributed by atoms with E-state index >= 15 is 0 Å². The van der Waals surface area contributed by atoms with Crippen molar-refractivity contribution < 1.29 is 9.90 Å². The molecule has 0 saturated heterocycles. The zero-order valence-electron chi connectivity index (χ0n) is 9.53. The Morgan fingerprint density at radius 3 is 2.59 bits per heavy atom. The molecule has 1 atom stereocenters. The first kappa shape index (κ1) is 13.6. The van der Waals surface area contributed by atoms with E-state index < -0.39 is 5.97 Å². The SMILES string of the molecule is C#CCCCC(Cc1ccc(Cl)cc1)C(=O)O. The van der Waals surface area contributed by atoms with Gasteiger partial charge >= 0.3 is 5.97 Å². The molecule has 0 bridgehead atoms. The lowest BCUT2D eigenvalue weighted by atomic mass is 9.94. The van der Waals surface area contributed by atoms with Gasteiger partial charge < -0.3 is 5.11 Å². The highest BCUT2D eigenvalue weighted by atomic mass is 35.5. The number of halogens is 1. The van der Waals surface area contributed by atoms with Crippen LogP contribution in [-0.4, -0.2) is 11.1 Å². The standard InChI is InChI=1S/C14H15ClO2/c1-2-3-4-5-12(14(16)17)10-11-6-8-13(15)9-7-11/h1,6-9,12H,3-5,10H2,(H,16,17). The molecule has 0 aliphatic carbocycles. The maximum atomic E-state index is 11.1. The highest BCUT2D eigenvalue weighted by Crippen LogP contribution is 2.17. The summed E-state index contributed by atoms with van der Waals surface area (Å²) in [5.74, 6) is 1.39. The van der Waals surface area contributed by atoms with Gasteiger partial charge in [-0.25, -0.2) is 0 Å². The molecule has 1 aromatic rings. The maximum Gasteiger partial charge on any atom is 0.306 e. The number of hydrogen-bond donors (Lipinski definition) is 1. The van der Waals surface area contributed by atoms with Gasteiger partial charge in [0.05, 0.1) is 5.92 Å². The summed E-state index contributed by atoms with van der Waals surface area (Å²) < 4.78 is 0. The molecule has 3 heteroatoms. The third kappa shape index (κ3) is 4.93. The summed E-state index contributed by atoms with van der Waals surface area (Å²) in [6.45, 7) is 0. The van der Waals surface area contributed by atoms with Crippen molar-refractivity contribution in [2.45, 2.75) is 25.7 Å². The Morgan fingerprint density at radius 2 is 2.06 bits per heavy atom. The van der Waals surface area contributed by atoms with E-state index in [-0.39, 0.29) is 5.92 Å². The Labute approximate surface area is 107 Å². The number of aliphatic carboxylic acids is 1. The summed E-state index contributed by atoms with van der Waals surface area (Å²) in [7, 11) is 0. The second-order valence-corrected chi connectivity index (χ2v) is 4.40. The number of carboxylic acid groups (broad SMARTS) is 1. The Balaban J connectivity index is 2.57. The molecule has 0 heterocycles. The fraction of sp³-hybridized carbons (Fsp3) is 0.357. The second-order valence-electron chi connectivity index (χ2n) is 3.96. The number of carbonyl (C=O) groups is 1. The molecular formula is C14H15ClO2. The van der Waals surface area contributed by atoms with Crippen molar-refractivity contribution in [3.8, 4) is 12.3 Å². The van der Waals surface area contributed by atoms with Crippen LogP contribution < -0.4 is 0 Å². The molecule has 90 valence electrons. The van der Waals surface area contributed by atoms with Gasteiger partial charge in [-0.1, -0.05) is 23.7 Å². The zero-order valence-corrected chi connectivity index (χ0v) is 10.3. The van der Waals surface area contributed by atoms with Crippen molar-refractivity contribution in [1.82, 2.24) is 0 Å². The molecule has 0 amide bonds. The van der Waals surface area contributed by atoms with E-state index in [0.717, 1.165) is 12.0 Å². The Morgan fingerprint density at radius 1 is 1.41 bits per heavy atom. The molecule has 1 rings (SSSR count). The lowest BCUT2D eigenvalue weighted by Crippen LogP contribution is -2.16. The highest BCUT2D eigenvalue weighted by Gasteiger charge is 2.17. The van der Waals surface area contributed by atoms with Crippen LogP contribution in [0.5, 0.6) is 0 Å². The van der Waals surface area contributed by atoms with Crippen LogP contribution in [-0.2, 0) is 11.2 Å². The average molecular weight is 251 g/mol. The van der Waals surface area contributed by atoms with Crippen LogP contribution in [0.3, 0.4) is 0 Å². The van der Waals surface area contributed by atoms with Crippen LogP contribution in [0.4, 0.5) is 0 Å². The van der Waals surface area contributed by atoms with Crippen molar-refractivity contribution in [2.24, 2.45) is 5.92 Å². The van der Waals surface area contributed by atoms with E-state index in [1.807, 2.05) is 12.1 Å². The van der Waals surface area contributed by atoms with E-state index in [4.69, 9.17) is 23.1 Å². The van der Waals surface area contributed by atoms with Crippen molar-refractivity contribution in [3.05, 3.63) is 34.9 Å². The van der Waals surface area contributed by atoms with Crippen LogP contribution in [0.25, 0.3) is 0 Å². The second kappa shape index (κ2) is 6.98. The highest BCUT2D eigenvalue weighted by molar-refractivity contribution is 6.30. The fourth-order valence-electron chi connectivity index (χ4n) is 1.67. The Bertz CT molecular complexity index is 403. The van der Waals surface area contributed by atoms with Gasteiger partial charge in [0.25, 0.3) is 0 Å². The number of hydrogen-bond acceptors (Lipinski definition) is 1. The van der Waals surface area contributed by atoms with E-state index in [2.05, 4.69) is 5.92 Å². The van der Waals surface area contributed by atoms with Gasteiger partial charge in [0, 0.05) is 11.4 Å².